The third-order valence-electron chi connectivity index (χ3n) is 4.52. The molecule has 1 fully saturated rings. The zero-order valence-corrected chi connectivity index (χ0v) is 14.0. The third-order valence-corrected chi connectivity index (χ3v) is 4.52. The van der Waals surface area contributed by atoms with E-state index < -0.39 is 0 Å². The minimum absolute atomic E-state index is 0.00364. The van der Waals surface area contributed by atoms with Gasteiger partial charge in [-0.25, -0.2) is 4.98 Å². The smallest absolute Gasteiger partial charge is 0.274 e. The summed E-state index contributed by atoms with van der Waals surface area (Å²) in [4.78, 5) is 23.4. The van der Waals surface area contributed by atoms with Crippen LogP contribution >= 0.6 is 0 Å². The van der Waals surface area contributed by atoms with Gasteiger partial charge in [0.1, 0.15) is 5.69 Å². The van der Waals surface area contributed by atoms with E-state index in [4.69, 9.17) is 4.74 Å². The molecule has 2 atom stereocenters. The van der Waals surface area contributed by atoms with E-state index in [2.05, 4.69) is 20.3 Å². The Labute approximate surface area is 144 Å². The van der Waals surface area contributed by atoms with Crippen LogP contribution in [0.4, 0.5) is 0 Å². The molecule has 3 aromatic rings. The van der Waals surface area contributed by atoms with Crippen molar-refractivity contribution in [3.05, 3.63) is 48.0 Å². The average molecular weight is 338 g/mol. The van der Waals surface area contributed by atoms with Gasteiger partial charge in [-0.1, -0.05) is 17.3 Å². The highest BCUT2D eigenvalue weighted by molar-refractivity contribution is 5.94. The molecular weight excluding hydrogens is 320 g/mol. The monoisotopic (exact) mass is 338 g/mol. The number of amides is 1. The maximum atomic E-state index is 12.9. The number of fused-ring (bicyclic) bond motifs is 1. The van der Waals surface area contributed by atoms with Crippen LogP contribution < -0.4 is 0 Å². The number of hydrogen-bond donors (Lipinski definition) is 0. The number of methoxy groups -OCH3 is 1. The molecular formula is C17H18N6O2. The molecule has 1 aromatic carbocycles. The summed E-state index contributed by atoms with van der Waals surface area (Å²) in [5.74, 6) is -0.150. The number of hydrogen-bond acceptors (Lipinski definition) is 6. The molecule has 1 amide bonds. The van der Waals surface area contributed by atoms with Gasteiger partial charge < -0.3 is 9.64 Å². The van der Waals surface area contributed by atoms with Gasteiger partial charge in [0.05, 0.1) is 34.9 Å². The van der Waals surface area contributed by atoms with Crippen molar-refractivity contribution in [2.75, 3.05) is 20.2 Å². The zero-order valence-electron chi connectivity index (χ0n) is 14.0. The van der Waals surface area contributed by atoms with Crippen molar-refractivity contribution in [1.82, 2.24) is 29.9 Å². The average Bonchev–Trinajstić information content (AvgIpc) is 3.26. The van der Waals surface area contributed by atoms with E-state index in [0.717, 1.165) is 11.2 Å². The Kier molecular flexibility index (Phi) is 3.89. The minimum Gasteiger partial charge on any atom is -0.379 e. The summed E-state index contributed by atoms with van der Waals surface area (Å²) in [6.07, 6.45) is 3.27. The molecule has 0 aliphatic carbocycles. The first-order chi connectivity index (χ1) is 12.2. The molecule has 8 nitrogen and oxygen atoms in total. The highest BCUT2D eigenvalue weighted by Crippen LogP contribution is 2.29. The predicted molar refractivity (Wildman–Crippen MR) is 90.0 cm³/mol. The second-order valence-corrected chi connectivity index (χ2v) is 6.15. The Morgan fingerprint density at radius 3 is 2.76 bits per heavy atom. The van der Waals surface area contributed by atoms with Gasteiger partial charge in [0, 0.05) is 33.4 Å². The molecule has 1 saturated heterocycles. The van der Waals surface area contributed by atoms with Gasteiger partial charge in [-0.05, 0) is 12.1 Å². The molecule has 0 spiro atoms. The first-order valence-corrected chi connectivity index (χ1v) is 8.06. The largest absolute Gasteiger partial charge is 0.379 e. The van der Waals surface area contributed by atoms with E-state index in [1.807, 2.05) is 37.5 Å². The molecule has 1 aliphatic heterocycles. The number of carbonyl (C=O) groups excluding carboxylic acids is 1. The number of benzene rings is 1. The second-order valence-electron chi connectivity index (χ2n) is 6.15. The lowest BCUT2D eigenvalue weighted by Crippen LogP contribution is -2.30. The lowest BCUT2D eigenvalue weighted by molar-refractivity contribution is 0.0709. The lowest BCUT2D eigenvalue weighted by atomic mass is 10.0. The summed E-state index contributed by atoms with van der Waals surface area (Å²) < 4.78 is 7.22. The molecule has 0 bridgehead atoms. The van der Waals surface area contributed by atoms with Gasteiger partial charge in [0.15, 0.2) is 0 Å². The van der Waals surface area contributed by atoms with E-state index in [-0.39, 0.29) is 17.9 Å². The molecule has 0 saturated carbocycles. The molecule has 2 aromatic heterocycles. The Balaban J connectivity index is 1.59. The SMILES string of the molecule is CO[C@@H]1CN(C(=O)c2cnc3ccccc3n2)C[C@H]1c1cn(C)nn1. The number of para-hydroxylation sites is 2. The maximum Gasteiger partial charge on any atom is 0.274 e. The van der Waals surface area contributed by atoms with Crippen molar-refractivity contribution in [2.24, 2.45) is 7.05 Å². The van der Waals surface area contributed by atoms with Crippen molar-refractivity contribution >= 4 is 16.9 Å². The van der Waals surface area contributed by atoms with Crippen LogP contribution in [0.25, 0.3) is 11.0 Å². The standard InChI is InChI=1S/C17H18N6O2/c1-22-9-15(20-21-22)11-8-23(10-16(11)25-2)17(24)14-7-18-12-5-3-4-6-13(12)19-14/h3-7,9,11,16H,8,10H2,1-2H3/t11-,16+/m0/s1. The van der Waals surface area contributed by atoms with Crippen molar-refractivity contribution in [3.63, 3.8) is 0 Å². The molecule has 0 radical (unpaired) electrons. The Morgan fingerprint density at radius 1 is 1.24 bits per heavy atom. The lowest BCUT2D eigenvalue weighted by Gasteiger charge is -2.15. The maximum absolute atomic E-state index is 12.9. The first kappa shape index (κ1) is 15.6. The fraction of sp³-hybridized carbons (Fsp3) is 0.353. The van der Waals surface area contributed by atoms with Gasteiger partial charge in [-0.15, -0.1) is 5.10 Å². The van der Waals surface area contributed by atoms with Crippen molar-refractivity contribution < 1.29 is 9.53 Å². The fourth-order valence-corrected chi connectivity index (χ4v) is 3.22. The highest BCUT2D eigenvalue weighted by Gasteiger charge is 2.38. The van der Waals surface area contributed by atoms with Crippen LogP contribution in [0.15, 0.2) is 36.7 Å². The van der Waals surface area contributed by atoms with E-state index in [1.165, 1.54) is 6.20 Å². The zero-order chi connectivity index (χ0) is 17.4. The molecule has 3 heterocycles. The summed E-state index contributed by atoms with van der Waals surface area (Å²) in [5, 5.41) is 8.15. The Bertz CT molecular complexity index is 924. The highest BCUT2D eigenvalue weighted by atomic mass is 16.5. The minimum atomic E-state index is -0.147. The molecule has 128 valence electrons. The summed E-state index contributed by atoms with van der Waals surface area (Å²) in [6.45, 7) is 1.01. The van der Waals surface area contributed by atoms with E-state index in [1.54, 1.807) is 16.7 Å². The Morgan fingerprint density at radius 2 is 2.04 bits per heavy atom. The van der Waals surface area contributed by atoms with E-state index in [0.29, 0.717) is 24.3 Å². The first-order valence-electron chi connectivity index (χ1n) is 8.06. The fourth-order valence-electron chi connectivity index (χ4n) is 3.22. The predicted octanol–water partition coefficient (Wildman–Crippen LogP) is 1.01. The van der Waals surface area contributed by atoms with Gasteiger partial charge in [0.25, 0.3) is 5.91 Å². The number of likely N-dealkylation sites (tertiary alicyclic amines) is 1. The van der Waals surface area contributed by atoms with Gasteiger partial charge in [-0.2, -0.15) is 0 Å². The van der Waals surface area contributed by atoms with Crippen molar-refractivity contribution in [2.45, 2.75) is 12.0 Å². The van der Waals surface area contributed by atoms with Crippen LogP contribution in [0.5, 0.6) is 0 Å². The Hall–Kier alpha value is -2.87. The summed E-state index contributed by atoms with van der Waals surface area (Å²) in [6, 6.07) is 7.50. The molecule has 4 rings (SSSR count). The number of rotatable bonds is 3. The molecule has 1 aliphatic rings. The van der Waals surface area contributed by atoms with Crippen LogP contribution in [-0.4, -0.2) is 62.1 Å². The van der Waals surface area contributed by atoms with Crippen LogP contribution in [0, 0.1) is 0 Å². The number of ether oxygens (including phenoxy) is 1. The number of nitrogens with zero attached hydrogens (tertiary/aromatic N) is 6. The van der Waals surface area contributed by atoms with Crippen LogP contribution in [0.2, 0.25) is 0 Å². The number of carbonyl (C=O) groups is 1. The molecule has 8 heteroatoms. The normalized spacial score (nSPS) is 20.3. The summed E-state index contributed by atoms with van der Waals surface area (Å²) in [5.41, 5.74) is 2.65. The van der Waals surface area contributed by atoms with Gasteiger partial charge >= 0.3 is 0 Å². The van der Waals surface area contributed by atoms with Crippen LogP contribution in [-0.2, 0) is 11.8 Å². The number of aryl methyl sites for hydroxylation is 1. The summed E-state index contributed by atoms with van der Waals surface area (Å²) in [7, 11) is 3.47. The van der Waals surface area contributed by atoms with Crippen molar-refractivity contribution in [1.29, 1.82) is 0 Å². The van der Waals surface area contributed by atoms with Crippen molar-refractivity contribution in [3.8, 4) is 0 Å². The molecule has 0 unspecified atom stereocenters. The van der Waals surface area contributed by atoms with Crippen LogP contribution in [0.1, 0.15) is 22.1 Å². The van der Waals surface area contributed by atoms with Crippen LogP contribution in [0.3, 0.4) is 0 Å². The van der Waals surface area contributed by atoms with Gasteiger partial charge in [0.2, 0.25) is 0 Å². The topological polar surface area (TPSA) is 86.0 Å². The quantitative estimate of drug-likeness (QED) is 0.708. The number of aromatic nitrogens is 5. The van der Waals surface area contributed by atoms with E-state index in [9.17, 15) is 4.79 Å². The van der Waals surface area contributed by atoms with E-state index >= 15 is 0 Å². The molecule has 0 N–H and O–H groups in total. The van der Waals surface area contributed by atoms with Gasteiger partial charge in [-0.3, -0.25) is 14.5 Å². The second kappa shape index (κ2) is 6.21. The third kappa shape index (κ3) is 2.85. The summed E-state index contributed by atoms with van der Waals surface area (Å²) >= 11 is 0. The molecule has 25 heavy (non-hydrogen) atoms.